The van der Waals surface area contributed by atoms with Gasteiger partial charge < -0.3 is 4.42 Å². The van der Waals surface area contributed by atoms with Gasteiger partial charge in [-0.15, -0.1) is 11.3 Å². The standard InChI is InChI=1S/C12H9BrN2O3S/c13-10-5-4-9(19-10)12(17)15-14-11(16)6-3-8-2-1-7-18-8/h1-7H,(H,14,16)(H,15,17)/b6-3+. The lowest BCUT2D eigenvalue weighted by molar-refractivity contribution is -0.117. The van der Waals surface area contributed by atoms with Gasteiger partial charge in [-0.2, -0.15) is 0 Å². The summed E-state index contributed by atoms with van der Waals surface area (Å²) >= 11 is 4.54. The largest absolute Gasteiger partial charge is 0.465 e. The summed E-state index contributed by atoms with van der Waals surface area (Å²) in [6, 6.07) is 6.85. The van der Waals surface area contributed by atoms with E-state index in [1.165, 1.54) is 29.8 Å². The first-order chi connectivity index (χ1) is 9.15. The van der Waals surface area contributed by atoms with Crippen molar-refractivity contribution in [2.45, 2.75) is 0 Å². The van der Waals surface area contributed by atoms with Crippen molar-refractivity contribution in [3.63, 3.8) is 0 Å². The highest BCUT2D eigenvalue weighted by Gasteiger charge is 2.08. The average molecular weight is 341 g/mol. The predicted octanol–water partition coefficient (Wildman–Crippen LogP) is 2.58. The summed E-state index contributed by atoms with van der Waals surface area (Å²) in [7, 11) is 0. The van der Waals surface area contributed by atoms with E-state index >= 15 is 0 Å². The maximum absolute atomic E-state index is 11.6. The number of hydrazine groups is 1. The van der Waals surface area contributed by atoms with E-state index in [2.05, 4.69) is 26.8 Å². The van der Waals surface area contributed by atoms with Gasteiger partial charge in [-0.3, -0.25) is 20.4 Å². The first-order valence-electron chi connectivity index (χ1n) is 5.22. The molecule has 0 saturated carbocycles. The smallest absolute Gasteiger partial charge is 0.279 e. The molecular formula is C12H9BrN2O3S. The fourth-order valence-electron chi connectivity index (χ4n) is 1.20. The molecule has 0 aliphatic carbocycles. The third-order valence-electron chi connectivity index (χ3n) is 2.04. The van der Waals surface area contributed by atoms with Crippen molar-refractivity contribution in [1.82, 2.24) is 10.9 Å². The molecule has 2 amide bonds. The molecule has 0 aliphatic rings. The van der Waals surface area contributed by atoms with Crippen molar-refractivity contribution in [1.29, 1.82) is 0 Å². The molecule has 19 heavy (non-hydrogen) atoms. The maximum Gasteiger partial charge on any atom is 0.279 e. The zero-order chi connectivity index (χ0) is 13.7. The van der Waals surface area contributed by atoms with E-state index in [4.69, 9.17) is 4.42 Å². The SMILES string of the molecule is O=C(/C=C/c1ccco1)NNC(=O)c1ccc(Br)s1. The Balaban J connectivity index is 1.82. The van der Waals surface area contributed by atoms with Crippen molar-refractivity contribution in [3.05, 3.63) is 51.0 Å². The summed E-state index contributed by atoms with van der Waals surface area (Å²) in [4.78, 5) is 23.5. The van der Waals surface area contributed by atoms with Gasteiger partial charge in [0.2, 0.25) is 0 Å². The molecule has 0 aliphatic heterocycles. The number of hydrogen-bond acceptors (Lipinski definition) is 4. The Morgan fingerprint density at radius 1 is 1.26 bits per heavy atom. The van der Waals surface area contributed by atoms with E-state index < -0.39 is 5.91 Å². The number of nitrogens with one attached hydrogen (secondary N) is 2. The van der Waals surface area contributed by atoms with Gasteiger partial charge in [0.1, 0.15) is 5.76 Å². The van der Waals surface area contributed by atoms with Gasteiger partial charge in [-0.05, 0) is 46.3 Å². The van der Waals surface area contributed by atoms with Crippen LogP contribution in [0.2, 0.25) is 0 Å². The third kappa shape index (κ3) is 4.08. The first-order valence-corrected chi connectivity index (χ1v) is 6.83. The van der Waals surface area contributed by atoms with Gasteiger partial charge in [0.25, 0.3) is 11.8 Å². The van der Waals surface area contributed by atoms with E-state index in [-0.39, 0.29) is 5.91 Å². The summed E-state index contributed by atoms with van der Waals surface area (Å²) in [6.07, 6.45) is 4.28. The predicted molar refractivity (Wildman–Crippen MR) is 75.4 cm³/mol. The molecule has 0 bridgehead atoms. The normalized spacial score (nSPS) is 10.6. The lowest BCUT2D eigenvalue weighted by atomic mass is 10.4. The molecule has 2 heterocycles. The van der Waals surface area contributed by atoms with Crippen LogP contribution in [0.25, 0.3) is 6.08 Å². The minimum Gasteiger partial charge on any atom is -0.465 e. The highest BCUT2D eigenvalue weighted by Crippen LogP contribution is 2.21. The molecule has 0 radical (unpaired) electrons. The second kappa shape index (κ2) is 6.35. The van der Waals surface area contributed by atoms with Crippen molar-refractivity contribution in [2.24, 2.45) is 0 Å². The molecule has 0 atom stereocenters. The van der Waals surface area contributed by atoms with Crippen LogP contribution in [0.15, 0.2) is 44.8 Å². The van der Waals surface area contributed by atoms with Gasteiger partial charge >= 0.3 is 0 Å². The molecule has 0 unspecified atom stereocenters. The Morgan fingerprint density at radius 3 is 2.74 bits per heavy atom. The van der Waals surface area contributed by atoms with Crippen molar-refractivity contribution in [3.8, 4) is 0 Å². The quantitative estimate of drug-likeness (QED) is 0.666. The molecule has 7 heteroatoms. The number of carbonyl (C=O) groups excluding carboxylic acids is 2. The Labute approximate surface area is 121 Å². The number of hydrogen-bond donors (Lipinski definition) is 2. The van der Waals surface area contributed by atoms with Crippen LogP contribution in [0.4, 0.5) is 0 Å². The Kier molecular flexibility index (Phi) is 4.53. The van der Waals surface area contributed by atoms with Crippen LogP contribution in [-0.4, -0.2) is 11.8 Å². The Bertz CT molecular complexity index is 604. The summed E-state index contributed by atoms with van der Waals surface area (Å²) in [5, 5.41) is 0. The lowest BCUT2D eigenvalue weighted by Gasteiger charge is -2.02. The monoisotopic (exact) mass is 340 g/mol. The van der Waals surface area contributed by atoms with Crippen LogP contribution < -0.4 is 10.9 Å². The van der Waals surface area contributed by atoms with Gasteiger partial charge in [-0.25, -0.2) is 0 Å². The zero-order valence-electron chi connectivity index (χ0n) is 9.55. The van der Waals surface area contributed by atoms with Crippen molar-refractivity contribution >= 4 is 45.2 Å². The molecular weight excluding hydrogens is 332 g/mol. The summed E-state index contributed by atoms with van der Waals surface area (Å²) in [5.41, 5.74) is 4.59. The average Bonchev–Trinajstić information content (AvgIpc) is 3.04. The highest BCUT2D eigenvalue weighted by molar-refractivity contribution is 9.11. The number of thiophene rings is 1. The van der Waals surface area contributed by atoms with E-state index in [0.29, 0.717) is 10.6 Å². The van der Waals surface area contributed by atoms with Crippen molar-refractivity contribution < 1.29 is 14.0 Å². The topological polar surface area (TPSA) is 71.3 Å². The van der Waals surface area contributed by atoms with Crippen LogP contribution in [0.5, 0.6) is 0 Å². The molecule has 98 valence electrons. The molecule has 0 fully saturated rings. The van der Waals surface area contributed by atoms with Crippen LogP contribution in [0.3, 0.4) is 0 Å². The minimum absolute atomic E-state index is 0.365. The number of halogens is 1. The molecule has 0 aromatic carbocycles. The van der Waals surface area contributed by atoms with Crippen LogP contribution in [0.1, 0.15) is 15.4 Å². The van der Waals surface area contributed by atoms with Crippen LogP contribution in [-0.2, 0) is 4.79 Å². The molecule has 0 saturated heterocycles. The van der Waals surface area contributed by atoms with E-state index in [0.717, 1.165) is 3.79 Å². The van der Waals surface area contributed by atoms with Gasteiger partial charge in [0, 0.05) is 6.08 Å². The first kappa shape index (κ1) is 13.6. The van der Waals surface area contributed by atoms with Crippen LogP contribution >= 0.6 is 27.3 Å². The zero-order valence-corrected chi connectivity index (χ0v) is 12.0. The molecule has 2 rings (SSSR count). The number of rotatable bonds is 3. The van der Waals surface area contributed by atoms with E-state index in [9.17, 15) is 9.59 Å². The van der Waals surface area contributed by atoms with E-state index in [1.807, 2.05) is 0 Å². The Morgan fingerprint density at radius 2 is 2.11 bits per heavy atom. The van der Waals surface area contributed by atoms with Gasteiger partial charge in [0.05, 0.1) is 14.9 Å². The van der Waals surface area contributed by atoms with Gasteiger partial charge in [-0.1, -0.05) is 0 Å². The fraction of sp³-hybridized carbons (Fsp3) is 0. The summed E-state index contributed by atoms with van der Waals surface area (Å²) < 4.78 is 5.87. The molecule has 2 aromatic rings. The van der Waals surface area contributed by atoms with Crippen molar-refractivity contribution in [2.75, 3.05) is 0 Å². The molecule has 0 spiro atoms. The molecule has 5 nitrogen and oxygen atoms in total. The summed E-state index contributed by atoms with van der Waals surface area (Å²) in [5.74, 6) is -0.250. The Hall–Kier alpha value is -1.86. The fourth-order valence-corrected chi connectivity index (χ4v) is 2.48. The second-order valence-corrected chi connectivity index (χ2v) is 5.86. The van der Waals surface area contributed by atoms with E-state index in [1.54, 1.807) is 24.3 Å². The lowest BCUT2D eigenvalue weighted by Crippen LogP contribution is -2.40. The molecule has 2 aromatic heterocycles. The molecule has 2 N–H and O–H groups in total. The number of furan rings is 1. The second-order valence-electron chi connectivity index (χ2n) is 3.40. The highest BCUT2D eigenvalue weighted by atomic mass is 79.9. The number of carbonyl (C=O) groups is 2. The maximum atomic E-state index is 11.6. The van der Waals surface area contributed by atoms with Crippen LogP contribution in [0, 0.1) is 0 Å². The minimum atomic E-state index is -0.444. The summed E-state index contributed by atoms with van der Waals surface area (Å²) in [6.45, 7) is 0. The van der Waals surface area contributed by atoms with Gasteiger partial charge in [0.15, 0.2) is 0 Å². The number of amides is 2. The third-order valence-corrected chi connectivity index (χ3v) is 3.66.